The van der Waals surface area contributed by atoms with Gasteiger partial charge in [0.2, 0.25) is 0 Å². The minimum Gasteiger partial charge on any atom is -0.346 e. The van der Waals surface area contributed by atoms with Crippen LogP contribution in [0.2, 0.25) is 0 Å². The van der Waals surface area contributed by atoms with Crippen LogP contribution in [0.25, 0.3) is 0 Å². The smallest absolute Gasteiger partial charge is 0.185 e. The van der Waals surface area contributed by atoms with Crippen LogP contribution in [0.5, 0.6) is 0 Å². The molecule has 0 saturated heterocycles. The van der Waals surface area contributed by atoms with E-state index in [0.29, 0.717) is 6.54 Å². The summed E-state index contributed by atoms with van der Waals surface area (Å²) in [4.78, 5) is 13.1. The minimum atomic E-state index is 0.561. The second-order valence-corrected chi connectivity index (χ2v) is 5.56. The van der Waals surface area contributed by atoms with Crippen molar-refractivity contribution in [2.45, 2.75) is 20.0 Å². The van der Waals surface area contributed by atoms with Gasteiger partial charge in [0, 0.05) is 29.5 Å². The summed E-state index contributed by atoms with van der Waals surface area (Å²) in [5.41, 5.74) is 8.55. The molecule has 0 atom stereocenters. The van der Waals surface area contributed by atoms with Crippen molar-refractivity contribution in [2.24, 2.45) is 5.73 Å². The summed E-state index contributed by atoms with van der Waals surface area (Å²) in [6, 6.07) is 0. The first kappa shape index (κ1) is 11.5. The van der Waals surface area contributed by atoms with E-state index in [2.05, 4.69) is 14.9 Å². The van der Waals surface area contributed by atoms with Crippen LogP contribution in [0.4, 0.5) is 5.13 Å². The van der Waals surface area contributed by atoms with E-state index in [1.165, 1.54) is 4.88 Å². The molecule has 0 saturated carbocycles. The summed E-state index contributed by atoms with van der Waals surface area (Å²) in [5, 5.41) is 1.01. The van der Waals surface area contributed by atoms with Crippen LogP contribution < -0.4 is 10.6 Å². The summed E-state index contributed by atoms with van der Waals surface area (Å²) >= 11 is 3.33. The molecule has 2 heterocycles. The van der Waals surface area contributed by atoms with Crippen molar-refractivity contribution in [2.75, 3.05) is 11.9 Å². The lowest BCUT2D eigenvalue weighted by molar-refractivity contribution is 0.917. The fourth-order valence-corrected chi connectivity index (χ4v) is 2.91. The number of aromatic nitrogens is 2. The van der Waals surface area contributed by atoms with Crippen LogP contribution in [-0.2, 0) is 13.1 Å². The van der Waals surface area contributed by atoms with Crippen molar-refractivity contribution >= 4 is 27.8 Å². The highest BCUT2D eigenvalue weighted by Crippen LogP contribution is 2.24. The molecule has 2 N–H and O–H groups in total. The van der Waals surface area contributed by atoms with E-state index in [1.807, 2.05) is 25.7 Å². The Morgan fingerprint density at radius 3 is 2.81 bits per heavy atom. The largest absolute Gasteiger partial charge is 0.346 e. The lowest BCUT2D eigenvalue weighted by Gasteiger charge is -2.14. The molecule has 86 valence electrons. The summed E-state index contributed by atoms with van der Waals surface area (Å²) in [6.45, 7) is 3.45. The molecule has 0 bridgehead atoms. The van der Waals surface area contributed by atoms with Crippen molar-refractivity contribution in [1.29, 1.82) is 0 Å². The molecule has 16 heavy (non-hydrogen) atoms. The van der Waals surface area contributed by atoms with Gasteiger partial charge in [-0.1, -0.05) is 0 Å². The zero-order valence-corrected chi connectivity index (χ0v) is 10.9. The van der Waals surface area contributed by atoms with E-state index in [0.717, 1.165) is 22.2 Å². The Kier molecular flexibility index (Phi) is 3.52. The van der Waals surface area contributed by atoms with Crippen LogP contribution in [0, 0.1) is 6.92 Å². The maximum Gasteiger partial charge on any atom is 0.185 e. The fraction of sp³-hybridized carbons (Fsp3) is 0.400. The highest BCUT2D eigenvalue weighted by molar-refractivity contribution is 7.15. The van der Waals surface area contributed by atoms with Gasteiger partial charge in [0.1, 0.15) is 0 Å². The van der Waals surface area contributed by atoms with Gasteiger partial charge in [0.15, 0.2) is 5.13 Å². The average molecular weight is 254 g/mol. The Bertz CT molecular complexity index is 463. The summed E-state index contributed by atoms with van der Waals surface area (Å²) in [6.07, 6.45) is 1.84. The Balaban J connectivity index is 2.08. The number of nitrogens with two attached hydrogens (primary N) is 1. The SMILES string of the molecule is Cc1ncsc1CN(C)c1ncc(CN)s1. The second kappa shape index (κ2) is 4.90. The Labute approximate surface area is 103 Å². The van der Waals surface area contributed by atoms with Gasteiger partial charge >= 0.3 is 0 Å². The van der Waals surface area contributed by atoms with E-state index in [4.69, 9.17) is 5.73 Å². The first-order valence-corrected chi connectivity index (χ1v) is 6.65. The average Bonchev–Trinajstić information content (AvgIpc) is 2.88. The normalized spacial score (nSPS) is 10.7. The molecule has 0 fully saturated rings. The highest BCUT2D eigenvalue weighted by Gasteiger charge is 2.09. The summed E-state index contributed by atoms with van der Waals surface area (Å²) in [5.74, 6) is 0. The predicted molar refractivity (Wildman–Crippen MR) is 69.0 cm³/mol. The molecule has 0 aliphatic rings. The van der Waals surface area contributed by atoms with Crippen LogP contribution in [0.1, 0.15) is 15.4 Å². The van der Waals surface area contributed by atoms with E-state index in [1.54, 1.807) is 22.7 Å². The minimum absolute atomic E-state index is 0.561. The Hall–Kier alpha value is -0.980. The number of nitrogens with zero attached hydrogens (tertiary/aromatic N) is 3. The van der Waals surface area contributed by atoms with Crippen molar-refractivity contribution < 1.29 is 0 Å². The van der Waals surface area contributed by atoms with Crippen LogP contribution in [-0.4, -0.2) is 17.0 Å². The molecule has 2 rings (SSSR count). The Morgan fingerprint density at radius 2 is 2.25 bits per heavy atom. The molecule has 4 nitrogen and oxygen atoms in total. The molecule has 6 heteroatoms. The van der Waals surface area contributed by atoms with E-state index in [-0.39, 0.29) is 0 Å². The van der Waals surface area contributed by atoms with E-state index in [9.17, 15) is 0 Å². The molecular formula is C10H14N4S2. The van der Waals surface area contributed by atoms with Gasteiger partial charge in [-0.2, -0.15) is 0 Å². The molecule has 0 aromatic carbocycles. The van der Waals surface area contributed by atoms with Gasteiger partial charge in [-0.25, -0.2) is 9.97 Å². The molecule has 0 unspecified atom stereocenters. The second-order valence-electron chi connectivity index (χ2n) is 3.53. The summed E-state index contributed by atoms with van der Waals surface area (Å²) in [7, 11) is 2.04. The molecule has 0 aliphatic heterocycles. The lowest BCUT2D eigenvalue weighted by Crippen LogP contribution is -2.15. The maximum absolute atomic E-state index is 5.57. The number of rotatable bonds is 4. The molecule has 2 aromatic rings. The Morgan fingerprint density at radius 1 is 1.44 bits per heavy atom. The van der Waals surface area contributed by atoms with Crippen LogP contribution in [0.15, 0.2) is 11.7 Å². The first-order valence-electron chi connectivity index (χ1n) is 4.95. The topological polar surface area (TPSA) is 55.0 Å². The van der Waals surface area contributed by atoms with Crippen molar-refractivity contribution in [3.63, 3.8) is 0 Å². The number of anilines is 1. The number of aryl methyl sites for hydroxylation is 1. The zero-order chi connectivity index (χ0) is 11.5. The third kappa shape index (κ3) is 2.40. The van der Waals surface area contributed by atoms with Crippen LogP contribution in [0.3, 0.4) is 0 Å². The molecule has 0 radical (unpaired) electrons. The quantitative estimate of drug-likeness (QED) is 0.906. The van der Waals surface area contributed by atoms with Gasteiger partial charge in [-0.3, -0.25) is 0 Å². The number of thiazole rings is 2. The van der Waals surface area contributed by atoms with Gasteiger partial charge in [-0.15, -0.1) is 22.7 Å². The molecular weight excluding hydrogens is 240 g/mol. The van der Waals surface area contributed by atoms with Gasteiger partial charge in [0.05, 0.1) is 17.7 Å². The third-order valence-electron chi connectivity index (χ3n) is 2.29. The van der Waals surface area contributed by atoms with Gasteiger partial charge < -0.3 is 10.6 Å². The summed E-state index contributed by atoms with van der Waals surface area (Å²) < 4.78 is 0. The monoisotopic (exact) mass is 254 g/mol. The number of hydrogen-bond acceptors (Lipinski definition) is 6. The van der Waals surface area contributed by atoms with Crippen molar-refractivity contribution in [3.8, 4) is 0 Å². The van der Waals surface area contributed by atoms with Crippen LogP contribution >= 0.6 is 22.7 Å². The van der Waals surface area contributed by atoms with Gasteiger partial charge in [0.25, 0.3) is 0 Å². The maximum atomic E-state index is 5.57. The highest BCUT2D eigenvalue weighted by atomic mass is 32.1. The van der Waals surface area contributed by atoms with Gasteiger partial charge in [-0.05, 0) is 6.92 Å². The first-order chi connectivity index (χ1) is 7.70. The molecule has 0 aliphatic carbocycles. The number of hydrogen-bond donors (Lipinski definition) is 1. The van der Waals surface area contributed by atoms with Crippen molar-refractivity contribution in [3.05, 3.63) is 27.2 Å². The van der Waals surface area contributed by atoms with Crippen molar-refractivity contribution in [1.82, 2.24) is 9.97 Å². The molecule has 0 spiro atoms. The molecule has 2 aromatic heterocycles. The van der Waals surface area contributed by atoms with E-state index < -0.39 is 0 Å². The third-order valence-corrected chi connectivity index (χ3v) is 4.35. The zero-order valence-electron chi connectivity index (χ0n) is 9.30. The lowest BCUT2D eigenvalue weighted by atomic mass is 10.4. The fourth-order valence-electron chi connectivity index (χ4n) is 1.33. The standard InChI is InChI=1S/C10H14N4S2/c1-7-9(15-6-13-7)5-14(2)10-12-4-8(3-11)16-10/h4,6H,3,5,11H2,1-2H3. The van der Waals surface area contributed by atoms with E-state index >= 15 is 0 Å². The molecule has 0 amide bonds. The predicted octanol–water partition coefficient (Wildman–Crippen LogP) is 2.00.